The van der Waals surface area contributed by atoms with Gasteiger partial charge in [-0.15, -0.1) is 0 Å². The molecule has 2 aromatic rings. The highest BCUT2D eigenvalue weighted by atomic mass is 127. The highest BCUT2D eigenvalue weighted by Crippen LogP contribution is 2.31. The van der Waals surface area contributed by atoms with Gasteiger partial charge >= 0.3 is 12.0 Å². The van der Waals surface area contributed by atoms with Crippen molar-refractivity contribution >= 4 is 34.6 Å². The number of ether oxygens (including phenoxy) is 2. The number of rotatable bonds is 6. The molecule has 0 aliphatic carbocycles. The van der Waals surface area contributed by atoms with E-state index < -0.39 is 17.9 Å². The molecule has 0 bridgehead atoms. The number of nitrogens with one attached hydrogen (secondary N) is 2. The normalized spacial score (nSPS) is 19.0. The molecule has 27 heavy (non-hydrogen) atoms. The highest BCUT2D eigenvalue weighted by Gasteiger charge is 2.38. The molecule has 1 aliphatic heterocycles. The van der Waals surface area contributed by atoms with Crippen LogP contribution < -0.4 is 15.4 Å². The van der Waals surface area contributed by atoms with E-state index in [1.165, 1.54) is 0 Å². The Labute approximate surface area is 171 Å². The SMILES string of the molecule is C=C1NC(=O)N[C@H](c2cccc(I)c2)[C@H]1C(=O)OCCOc1ccccc1. The summed E-state index contributed by atoms with van der Waals surface area (Å²) in [6.07, 6.45) is 0. The van der Waals surface area contributed by atoms with Crippen LogP contribution in [0, 0.1) is 9.49 Å². The lowest BCUT2D eigenvalue weighted by atomic mass is 9.89. The summed E-state index contributed by atoms with van der Waals surface area (Å²) in [6, 6.07) is 16.0. The van der Waals surface area contributed by atoms with E-state index in [0.717, 1.165) is 9.13 Å². The van der Waals surface area contributed by atoms with Crippen molar-refractivity contribution in [3.8, 4) is 5.75 Å². The minimum Gasteiger partial charge on any atom is -0.490 e. The van der Waals surface area contributed by atoms with Crippen molar-refractivity contribution < 1.29 is 19.1 Å². The molecule has 1 aliphatic rings. The lowest BCUT2D eigenvalue weighted by Gasteiger charge is -2.33. The Morgan fingerprint density at radius 1 is 1.11 bits per heavy atom. The zero-order valence-electron chi connectivity index (χ0n) is 14.5. The lowest BCUT2D eigenvalue weighted by molar-refractivity contribution is -0.149. The van der Waals surface area contributed by atoms with E-state index in [1.54, 1.807) is 0 Å². The molecule has 1 fully saturated rings. The predicted molar refractivity (Wildman–Crippen MR) is 109 cm³/mol. The quantitative estimate of drug-likeness (QED) is 0.379. The zero-order chi connectivity index (χ0) is 19.2. The van der Waals surface area contributed by atoms with Crippen molar-refractivity contribution in [2.45, 2.75) is 6.04 Å². The third-order valence-electron chi connectivity index (χ3n) is 4.07. The smallest absolute Gasteiger partial charge is 0.319 e. The van der Waals surface area contributed by atoms with E-state index in [4.69, 9.17) is 9.47 Å². The van der Waals surface area contributed by atoms with Gasteiger partial charge in [-0.1, -0.05) is 36.9 Å². The number of para-hydroxylation sites is 1. The first-order valence-electron chi connectivity index (χ1n) is 8.41. The molecule has 2 aromatic carbocycles. The minimum absolute atomic E-state index is 0.102. The molecule has 2 atom stereocenters. The van der Waals surface area contributed by atoms with Gasteiger partial charge in [-0.3, -0.25) is 4.79 Å². The summed E-state index contributed by atoms with van der Waals surface area (Å²) in [7, 11) is 0. The van der Waals surface area contributed by atoms with Crippen molar-refractivity contribution in [1.82, 2.24) is 10.6 Å². The van der Waals surface area contributed by atoms with Crippen molar-refractivity contribution in [2.75, 3.05) is 13.2 Å². The maximum Gasteiger partial charge on any atom is 0.319 e. The molecule has 0 aromatic heterocycles. The van der Waals surface area contributed by atoms with Crippen LogP contribution in [0.25, 0.3) is 0 Å². The maximum atomic E-state index is 12.7. The van der Waals surface area contributed by atoms with Gasteiger partial charge in [0.15, 0.2) is 0 Å². The van der Waals surface area contributed by atoms with Gasteiger partial charge in [-0.2, -0.15) is 0 Å². The predicted octanol–water partition coefficient (Wildman–Crippen LogP) is 3.40. The van der Waals surface area contributed by atoms with Crippen LogP contribution in [0.3, 0.4) is 0 Å². The summed E-state index contributed by atoms with van der Waals surface area (Å²) in [5.74, 6) is -0.480. The second-order valence-electron chi connectivity index (χ2n) is 5.96. The first-order valence-corrected chi connectivity index (χ1v) is 9.49. The molecular formula is C20H19IN2O4. The van der Waals surface area contributed by atoms with Gasteiger partial charge in [0.05, 0.1) is 6.04 Å². The molecule has 3 rings (SSSR count). The number of amides is 2. The number of carbonyl (C=O) groups excluding carboxylic acids is 2. The molecule has 1 heterocycles. The maximum absolute atomic E-state index is 12.7. The molecule has 0 radical (unpaired) electrons. The van der Waals surface area contributed by atoms with E-state index >= 15 is 0 Å². The third-order valence-corrected chi connectivity index (χ3v) is 4.74. The first kappa shape index (κ1) is 19.2. The topological polar surface area (TPSA) is 76.7 Å². The Kier molecular flexibility index (Phi) is 6.33. The molecule has 2 N–H and O–H groups in total. The number of esters is 1. The first-order chi connectivity index (χ1) is 13.0. The standard InChI is InChI=1S/C20H19IN2O4/c1-13-17(19(24)27-11-10-26-16-8-3-2-4-9-16)18(23-20(25)22-13)14-6-5-7-15(21)12-14/h2-9,12,17-18H,1,10-11H2,(H2,22,23,25)/t17-,18+/m0/s1. The van der Waals surface area contributed by atoms with Crippen LogP contribution >= 0.6 is 22.6 Å². The average molecular weight is 478 g/mol. The van der Waals surface area contributed by atoms with Gasteiger partial charge in [0.1, 0.15) is 24.9 Å². The van der Waals surface area contributed by atoms with Gasteiger partial charge in [0.25, 0.3) is 0 Å². The van der Waals surface area contributed by atoms with Crippen LogP contribution in [0.2, 0.25) is 0 Å². The van der Waals surface area contributed by atoms with Crippen molar-refractivity contribution in [3.05, 3.63) is 76.0 Å². The number of halogens is 1. The van der Waals surface area contributed by atoms with Crippen LogP contribution in [-0.4, -0.2) is 25.2 Å². The highest BCUT2D eigenvalue weighted by molar-refractivity contribution is 14.1. The molecule has 7 heteroatoms. The summed E-state index contributed by atoms with van der Waals surface area (Å²) < 4.78 is 11.9. The average Bonchev–Trinajstić information content (AvgIpc) is 2.65. The summed E-state index contributed by atoms with van der Waals surface area (Å²) >= 11 is 2.19. The van der Waals surface area contributed by atoms with E-state index in [9.17, 15) is 9.59 Å². The van der Waals surface area contributed by atoms with Crippen LogP contribution in [-0.2, 0) is 9.53 Å². The number of hydrogen-bond donors (Lipinski definition) is 2. The zero-order valence-corrected chi connectivity index (χ0v) is 16.6. The summed E-state index contributed by atoms with van der Waals surface area (Å²) in [4.78, 5) is 24.5. The largest absolute Gasteiger partial charge is 0.490 e. The van der Waals surface area contributed by atoms with Gasteiger partial charge < -0.3 is 20.1 Å². The Morgan fingerprint density at radius 2 is 1.89 bits per heavy atom. The second-order valence-corrected chi connectivity index (χ2v) is 7.21. The Morgan fingerprint density at radius 3 is 2.63 bits per heavy atom. The number of carbonyl (C=O) groups is 2. The molecule has 2 amide bonds. The monoisotopic (exact) mass is 478 g/mol. The molecule has 0 unspecified atom stereocenters. The molecule has 1 saturated heterocycles. The van der Waals surface area contributed by atoms with Crippen LogP contribution in [0.15, 0.2) is 66.9 Å². The van der Waals surface area contributed by atoms with E-state index in [0.29, 0.717) is 11.4 Å². The van der Waals surface area contributed by atoms with Crippen molar-refractivity contribution in [3.63, 3.8) is 0 Å². The van der Waals surface area contributed by atoms with Crippen LogP contribution in [0.4, 0.5) is 4.79 Å². The molecule has 0 spiro atoms. The number of urea groups is 1. The van der Waals surface area contributed by atoms with Crippen molar-refractivity contribution in [2.24, 2.45) is 5.92 Å². The fourth-order valence-electron chi connectivity index (χ4n) is 2.85. The number of hydrogen-bond acceptors (Lipinski definition) is 4. The Hall–Kier alpha value is -2.55. The van der Waals surface area contributed by atoms with Gasteiger partial charge in [0, 0.05) is 9.27 Å². The number of benzene rings is 2. The van der Waals surface area contributed by atoms with E-state index in [1.807, 2.05) is 54.6 Å². The fraction of sp³-hybridized carbons (Fsp3) is 0.200. The third kappa shape index (κ3) is 5.00. The Bertz CT molecular complexity index is 841. The molecule has 0 saturated carbocycles. The van der Waals surface area contributed by atoms with Gasteiger partial charge in [-0.25, -0.2) is 4.79 Å². The fourth-order valence-corrected chi connectivity index (χ4v) is 3.42. The van der Waals surface area contributed by atoms with Gasteiger partial charge in [0.2, 0.25) is 0 Å². The summed E-state index contributed by atoms with van der Waals surface area (Å²) in [6.45, 7) is 4.18. The van der Waals surface area contributed by atoms with E-state index in [-0.39, 0.29) is 19.2 Å². The Balaban J connectivity index is 1.64. The van der Waals surface area contributed by atoms with Crippen molar-refractivity contribution in [1.29, 1.82) is 0 Å². The second kappa shape index (κ2) is 8.90. The summed E-state index contributed by atoms with van der Waals surface area (Å²) in [5, 5.41) is 5.35. The minimum atomic E-state index is -0.724. The van der Waals surface area contributed by atoms with E-state index in [2.05, 4.69) is 39.8 Å². The molecular weight excluding hydrogens is 459 g/mol. The van der Waals surface area contributed by atoms with Crippen LogP contribution in [0.1, 0.15) is 11.6 Å². The summed E-state index contributed by atoms with van der Waals surface area (Å²) in [5.41, 5.74) is 1.14. The van der Waals surface area contributed by atoms with Gasteiger partial charge in [-0.05, 0) is 52.4 Å². The van der Waals surface area contributed by atoms with Crippen LogP contribution in [0.5, 0.6) is 5.75 Å². The molecule has 6 nitrogen and oxygen atoms in total. The molecule has 140 valence electrons. The lowest BCUT2D eigenvalue weighted by Crippen LogP contribution is -2.51.